The highest BCUT2D eigenvalue weighted by molar-refractivity contribution is 5.88. The van der Waals surface area contributed by atoms with Crippen LogP contribution in [0.15, 0.2) is 66.7 Å². The fourth-order valence-electron chi connectivity index (χ4n) is 2.91. The monoisotopic (exact) mass is 395 g/mol. The van der Waals surface area contributed by atoms with Gasteiger partial charge in [-0.25, -0.2) is 9.18 Å². The van der Waals surface area contributed by atoms with Crippen molar-refractivity contribution < 1.29 is 23.5 Å². The Morgan fingerprint density at radius 2 is 1.66 bits per heavy atom. The van der Waals surface area contributed by atoms with Crippen molar-refractivity contribution in [2.24, 2.45) is 0 Å². The molecular weight excluding hydrogens is 373 g/mol. The van der Waals surface area contributed by atoms with Crippen LogP contribution in [0.1, 0.15) is 25.5 Å². The number of halogens is 1. The summed E-state index contributed by atoms with van der Waals surface area (Å²) in [7, 11) is 0. The lowest BCUT2D eigenvalue weighted by molar-refractivity contribution is -0.156. The lowest BCUT2D eigenvalue weighted by Gasteiger charge is -2.18. The van der Waals surface area contributed by atoms with Gasteiger partial charge in [0.2, 0.25) is 0 Å². The van der Waals surface area contributed by atoms with Crippen LogP contribution < -0.4 is 10.1 Å². The zero-order chi connectivity index (χ0) is 20.8. The first kappa shape index (κ1) is 20.3. The number of ether oxygens (including phenoxy) is 2. The maximum atomic E-state index is 13.0. The maximum Gasteiger partial charge on any atom is 0.344 e. The molecule has 3 aromatic carbocycles. The molecule has 0 unspecified atom stereocenters. The topological polar surface area (TPSA) is 64.6 Å². The molecule has 0 aliphatic heterocycles. The number of amides is 1. The molecular formula is C23H22FNO4. The van der Waals surface area contributed by atoms with Crippen LogP contribution in [0.4, 0.5) is 4.39 Å². The van der Waals surface area contributed by atoms with E-state index in [2.05, 4.69) is 5.32 Å². The standard InChI is InChI=1S/C23H22FNO4/c1-15(17-10-12-19(24)13-11-17)25-23(27)16(2)29-22(26)14-28-21-9-5-7-18-6-3-4-8-20(18)21/h3-13,15-16H,14H2,1-2H3,(H,25,27)/t15-,16-/m1/s1. The molecule has 0 heterocycles. The quantitative estimate of drug-likeness (QED) is 0.610. The van der Waals surface area contributed by atoms with Crippen molar-refractivity contribution in [2.75, 3.05) is 6.61 Å². The van der Waals surface area contributed by atoms with E-state index in [0.717, 1.165) is 16.3 Å². The van der Waals surface area contributed by atoms with Crippen LogP contribution in [0.3, 0.4) is 0 Å². The number of nitrogens with one attached hydrogen (secondary N) is 1. The van der Waals surface area contributed by atoms with E-state index in [1.165, 1.54) is 19.1 Å². The van der Waals surface area contributed by atoms with Gasteiger partial charge in [0.05, 0.1) is 6.04 Å². The molecule has 0 aliphatic rings. The predicted octanol–water partition coefficient (Wildman–Crippen LogP) is 4.17. The minimum atomic E-state index is -0.985. The van der Waals surface area contributed by atoms with Gasteiger partial charge >= 0.3 is 5.97 Å². The molecule has 1 N–H and O–H groups in total. The van der Waals surface area contributed by atoms with Crippen molar-refractivity contribution in [3.05, 3.63) is 78.1 Å². The number of fused-ring (bicyclic) bond motifs is 1. The van der Waals surface area contributed by atoms with Crippen LogP contribution in [-0.2, 0) is 14.3 Å². The number of carbonyl (C=O) groups is 2. The lowest BCUT2D eigenvalue weighted by Crippen LogP contribution is -2.38. The summed E-state index contributed by atoms with van der Waals surface area (Å²) in [4.78, 5) is 24.4. The minimum Gasteiger partial charge on any atom is -0.481 e. The van der Waals surface area contributed by atoms with E-state index in [9.17, 15) is 14.0 Å². The fourth-order valence-corrected chi connectivity index (χ4v) is 2.91. The smallest absolute Gasteiger partial charge is 0.344 e. The summed E-state index contributed by atoms with van der Waals surface area (Å²) in [5, 5.41) is 4.63. The van der Waals surface area contributed by atoms with Crippen molar-refractivity contribution >= 4 is 22.6 Å². The highest BCUT2D eigenvalue weighted by Gasteiger charge is 2.20. The molecule has 6 heteroatoms. The molecule has 0 saturated carbocycles. The van der Waals surface area contributed by atoms with E-state index < -0.39 is 18.0 Å². The lowest BCUT2D eigenvalue weighted by atomic mass is 10.1. The first-order valence-electron chi connectivity index (χ1n) is 9.30. The molecule has 3 rings (SSSR count). The Morgan fingerprint density at radius 3 is 2.41 bits per heavy atom. The molecule has 5 nitrogen and oxygen atoms in total. The molecule has 0 bridgehead atoms. The minimum absolute atomic E-state index is 0.306. The molecule has 0 radical (unpaired) electrons. The van der Waals surface area contributed by atoms with Crippen LogP contribution in [0.2, 0.25) is 0 Å². The van der Waals surface area contributed by atoms with Crippen LogP contribution >= 0.6 is 0 Å². The van der Waals surface area contributed by atoms with Crippen molar-refractivity contribution in [2.45, 2.75) is 26.0 Å². The Kier molecular flexibility index (Phi) is 6.44. The zero-order valence-electron chi connectivity index (χ0n) is 16.2. The van der Waals surface area contributed by atoms with E-state index in [0.29, 0.717) is 5.75 Å². The Morgan fingerprint density at radius 1 is 0.966 bits per heavy atom. The second-order valence-corrected chi connectivity index (χ2v) is 6.68. The first-order chi connectivity index (χ1) is 13.9. The largest absolute Gasteiger partial charge is 0.481 e. The van der Waals surface area contributed by atoms with Crippen LogP contribution in [0, 0.1) is 5.82 Å². The fraction of sp³-hybridized carbons (Fsp3) is 0.217. The van der Waals surface area contributed by atoms with Crippen molar-refractivity contribution in [1.82, 2.24) is 5.32 Å². The van der Waals surface area contributed by atoms with Gasteiger partial charge < -0.3 is 14.8 Å². The van der Waals surface area contributed by atoms with Gasteiger partial charge in [0.15, 0.2) is 12.7 Å². The van der Waals surface area contributed by atoms with Gasteiger partial charge in [0.25, 0.3) is 5.91 Å². The van der Waals surface area contributed by atoms with E-state index >= 15 is 0 Å². The predicted molar refractivity (Wildman–Crippen MR) is 108 cm³/mol. The highest BCUT2D eigenvalue weighted by atomic mass is 19.1. The molecule has 29 heavy (non-hydrogen) atoms. The summed E-state index contributed by atoms with van der Waals surface area (Å²) >= 11 is 0. The molecule has 150 valence electrons. The third kappa shape index (κ3) is 5.31. The molecule has 3 aromatic rings. The van der Waals surface area contributed by atoms with E-state index in [4.69, 9.17) is 9.47 Å². The van der Waals surface area contributed by atoms with Crippen LogP contribution in [-0.4, -0.2) is 24.6 Å². The van der Waals surface area contributed by atoms with E-state index in [-0.39, 0.29) is 18.5 Å². The van der Waals surface area contributed by atoms with Gasteiger partial charge in [-0.3, -0.25) is 4.79 Å². The average Bonchev–Trinajstić information content (AvgIpc) is 2.72. The first-order valence-corrected chi connectivity index (χ1v) is 9.30. The zero-order valence-corrected chi connectivity index (χ0v) is 16.2. The summed E-state index contributed by atoms with van der Waals surface area (Å²) in [5.41, 5.74) is 0.748. The Labute approximate surface area is 168 Å². The van der Waals surface area contributed by atoms with Crippen molar-refractivity contribution in [3.8, 4) is 5.75 Å². The number of benzene rings is 3. The van der Waals surface area contributed by atoms with Crippen LogP contribution in [0.5, 0.6) is 5.75 Å². The number of carbonyl (C=O) groups excluding carboxylic acids is 2. The summed E-state index contributed by atoms with van der Waals surface area (Å²) in [5.74, 6) is -0.863. The third-order valence-electron chi connectivity index (χ3n) is 4.50. The summed E-state index contributed by atoms with van der Waals surface area (Å²) in [6.45, 7) is 2.95. The summed E-state index contributed by atoms with van der Waals surface area (Å²) < 4.78 is 23.8. The third-order valence-corrected chi connectivity index (χ3v) is 4.50. The Bertz CT molecular complexity index is 998. The normalized spacial score (nSPS) is 12.8. The Balaban J connectivity index is 1.51. The number of esters is 1. The van der Waals surface area contributed by atoms with Gasteiger partial charge in [0, 0.05) is 5.39 Å². The molecule has 0 aromatic heterocycles. The van der Waals surface area contributed by atoms with E-state index in [1.54, 1.807) is 25.1 Å². The summed E-state index contributed by atoms with van der Waals surface area (Å²) in [6.07, 6.45) is -0.985. The number of rotatable bonds is 7. The molecule has 0 aliphatic carbocycles. The van der Waals surface area contributed by atoms with Crippen LogP contribution in [0.25, 0.3) is 10.8 Å². The van der Waals surface area contributed by atoms with E-state index in [1.807, 2.05) is 36.4 Å². The molecule has 0 fully saturated rings. The number of hydrogen-bond acceptors (Lipinski definition) is 4. The second-order valence-electron chi connectivity index (χ2n) is 6.68. The van der Waals surface area contributed by atoms with Gasteiger partial charge in [-0.2, -0.15) is 0 Å². The molecule has 0 saturated heterocycles. The number of hydrogen-bond donors (Lipinski definition) is 1. The van der Waals surface area contributed by atoms with Gasteiger partial charge in [-0.15, -0.1) is 0 Å². The van der Waals surface area contributed by atoms with Gasteiger partial charge in [-0.05, 0) is 43.0 Å². The van der Waals surface area contributed by atoms with Crippen molar-refractivity contribution in [3.63, 3.8) is 0 Å². The van der Waals surface area contributed by atoms with Gasteiger partial charge in [0.1, 0.15) is 11.6 Å². The average molecular weight is 395 g/mol. The molecule has 2 atom stereocenters. The van der Waals surface area contributed by atoms with Crippen molar-refractivity contribution in [1.29, 1.82) is 0 Å². The second kappa shape index (κ2) is 9.19. The Hall–Kier alpha value is -3.41. The summed E-state index contributed by atoms with van der Waals surface area (Å²) in [6, 6.07) is 18.7. The molecule has 0 spiro atoms. The van der Waals surface area contributed by atoms with Gasteiger partial charge in [-0.1, -0.05) is 48.5 Å². The maximum absolute atomic E-state index is 13.0. The highest BCUT2D eigenvalue weighted by Crippen LogP contribution is 2.25. The SMILES string of the molecule is C[C@@H](OC(=O)COc1cccc2ccccc12)C(=O)N[C@H](C)c1ccc(F)cc1. The molecule has 1 amide bonds.